The zero-order valence-electron chi connectivity index (χ0n) is 19.7. The fourth-order valence-electron chi connectivity index (χ4n) is 3.77. The van der Waals surface area contributed by atoms with Crippen molar-refractivity contribution in [1.82, 2.24) is 15.3 Å². The van der Waals surface area contributed by atoms with E-state index in [1.165, 1.54) is 12.1 Å². The fraction of sp³-hybridized carbons (Fsp3) is 0.500. The van der Waals surface area contributed by atoms with Crippen molar-refractivity contribution >= 4 is 23.4 Å². The SMILES string of the molecule is CCCNc1nc(Nc2cccc(F)c2)ncc1C#C[C@@H]1CCC[C@H](NC(=O)[C@H](C)CC)C1. The van der Waals surface area contributed by atoms with E-state index in [0.717, 1.165) is 50.6 Å². The summed E-state index contributed by atoms with van der Waals surface area (Å²) in [6, 6.07) is 6.38. The summed E-state index contributed by atoms with van der Waals surface area (Å²) in [7, 11) is 0. The van der Waals surface area contributed by atoms with Crippen molar-refractivity contribution in [3.05, 3.63) is 41.8 Å². The molecule has 0 aliphatic heterocycles. The van der Waals surface area contributed by atoms with E-state index < -0.39 is 0 Å². The number of nitrogens with zero attached hydrogens (tertiary/aromatic N) is 2. The Balaban J connectivity index is 1.71. The Morgan fingerprint density at radius 3 is 2.91 bits per heavy atom. The van der Waals surface area contributed by atoms with Crippen molar-refractivity contribution in [3.8, 4) is 11.8 Å². The first-order chi connectivity index (χ1) is 16.0. The van der Waals surface area contributed by atoms with Gasteiger partial charge in [-0.05, 0) is 50.3 Å². The van der Waals surface area contributed by atoms with Crippen LogP contribution in [0, 0.1) is 29.5 Å². The number of benzene rings is 1. The standard InChI is InChI=1S/C26H34FN5O/c1-4-14-28-24-20(17-29-26(32-24)31-23-11-7-9-21(27)16-23)13-12-19-8-6-10-22(15-19)30-25(33)18(3)5-2/h7,9,11,16-19,22H,4-6,8,10,14-15H2,1-3H3,(H,30,33)(H2,28,29,31,32)/t18-,19+,22+/m1/s1. The van der Waals surface area contributed by atoms with Crippen molar-refractivity contribution in [3.63, 3.8) is 0 Å². The van der Waals surface area contributed by atoms with Crippen molar-refractivity contribution in [2.75, 3.05) is 17.2 Å². The van der Waals surface area contributed by atoms with Gasteiger partial charge in [-0.3, -0.25) is 4.79 Å². The van der Waals surface area contributed by atoms with Gasteiger partial charge in [0, 0.05) is 30.1 Å². The van der Waals surface area contributed by atoms with E-state index in [-0.39, 0.29) is 29.6 Å². The molecule has 3 rings (SSSR count). The van der Waals surface area contributed by atoms with E-state index in [9.17, 15) is 9.18 Å². The summed E-state index contributed by atoms with van der Waals surface area (Å²) >= 11 is 0. The number of rotatable bonds is 8. The van der Waals surface area contributed by atoms with Gasteiger partial charge in [0.25, 0.3) is 0 Å². The number of nitrogens with one attached hydrogen (secondary N) is 3. The van der Waals surface area contributed by atoms with Crippen LogP contribution in [-0.4, -0.2) is 28.5 Å². The van der Waals surface area contributed by atoms with Gasteiger partial charge < -0.3 is 16.0 Å². The maximum atomic E-state index is 13.5. The van der Waals surface area contributed by atoms with E-state index in [1.807, 2.05) is 13.8 Å². The summed E-state index contributed by atoms with van der Waals surface area (Å²) < 4.78 is 13.5. The molecule has 6 nitrogen and oxygen atoms in total. The molecule has 0 bridgehead atoms. The summed E-state index contributed by atoms with van der Waals surface area (Å²) in [6.07, 6.45) is 7.45. The second-order valence-corrected chi connectivity index (χ2v) is 8.67. The lowest BCUT2D eigenvalue weighted by Gasteiger charge is -2.28. The van der Waals surface area contributed by atoms with Gasteiger partial charge in [-0.25, -0.2) is 9.37 Å². The maximum absolute atomic E-state index is 13.5. The monoisotopic (exact) mass is 451 g/mol. The first-order valence-corrected chi connectivity index (χ1v) is 11.9. The number of carbonyl (C=O) groups is 1. The van der Waals surface area contributed by atoms with Gasteiger partial charge in [0.05, 0.1) is 11.8 Å². The molecule has 1 saturated carbocycles. The molecular formula is C26H34FN5O. The first-order valence-electron chi connectivity index (χ1n) is 11.9. The highest BCUT2D eigenvalue weighted by Crippen LogP contribution is 2.25. The highest BCUT2D eigenvalue weighted by molar-refractivity contribution is 5.78. The second kappa shape index (κ2) is 12.2. The number of hydrogen-bond acceptors (Lipinski definition) is 5. The molecule has 1 amide bonds. The number of hydrogen-bond donors (Lipinski definition) is 3. The molecule has 0 unspecified atom stereocenters. The second-order valence-electron chi connectivity index (χ2n) is 8.67. The Bertz CT molecular complexity index is 1000. The van der Waals surface area contributed by atoms with Gasteiger partial charge in [0.1, 0.15) is 11.6 Å². The minimum Gasteiger partial charge on any atom is -0.369 e. The lowest BCUT2D eigenvalue weighted by molar-refractivity contribution is -0.125. The molecule has 2 aromatic rings. The largest absolute Gasteiger partial charge is 0.369 e. The molecule has 7 heteroatoms. The Hall–Kier alpha value is -3.14. The minimum atomic E-state index is -0.321. The molecule has 1 aliphatic rings. The van der Waals surface area contributed by atoms with Crippen LogP contribution in [0.4, 0.5) is 21.8 Å². The van der Waals surface area contributed by atoms with E-state index >= 15 is 0 Å². The summed E-state index contributed by atoms with van der Waals surface area (Å²) in [6.45, 7) is 6.84. The molecule has 0 spiro atoms. The highest BCUT2D eigenvalue weighted by Gasteiger charge is 2.23. The molecule has 3 N–H and O–H groups in total. The Morgan fingerprint density at radius 1 is 1.30 bits per heavy atom. The lowest BCUT2D eigenvalue weighted by atomic mass is 9.85. The molecule has 1 fully saturated rings. The summed E-state index contributed by atoms with van der Waals surface area (Å²) in [5.74, 6) is 7.78. The van der Waals surface area contributed by atoms with Crippen LogP contribution in [0.25, 0.3) is 0 Å². The quantitative estimate of drug-likeness (QED) is 0.478. The number of carbonyl (C=O) groups excluding carboxylic acids is 1. The van der Waals surface area contributed by atoms with Crippen LogP contribution >= 0.6 is 0 Å². The maximum Gasteiger partial charge on any atom is 0.229 e. The summed E-state index contributed by atoms with van der Waals surface area (Å²) in [5.41, 5.74) is 1.32. The molecule has 0 radical (unpaired) electrons. The van der Waals surface area contributed by atoms with Crippen molar-refractivity contribution < 1.29 is 9.18 Å². The third-order valence-electron chi connectivity index (χ3n) is 5.90. The van der Waals surface area contributed by atoms with E-state index in [1.54, 1.807) is 18.3 Å². The third kappa shape index (κ3) is 7.45. The average molecular weight is 452 g/mol. The molecule has 1 aromatic carbocycles. The van der Waals surface area contributed by atoms with Crippen LogP contribution in [0.2, 0.25) is 0 Å². The van der Waals surface area contributed by atoms with Gasteiger partial charge in [0.15, 0.2) is 0 Å². The summed E-state index contributed by atoms with van der Waals surface area (Å²) in [5, 5.41) is 9.55. The Kier molecular flexibility index (Phi) is 9.05. The number of aromatic nitrogens is 2. The van der Waals surface area contributed by atoms with E-state index in [2.05, 4.69) is 44.7 Å². The first kappa shape index (κ1) is 24.5. The molecule has 1 aromatic heterocycles. The number of amides is 1. The predicted octanol–water partition coefficient (Wildman–Crippen LogP) is 5.25. The Labute approximate surface area is 196 Å². The van der Waals surface area contributed by atoms with Gasteiger partial charge in [0.2, 0.25) is 11.9 Å². The average Bonchev–Trinajstić information content (AvgIpc) is 2.81. The number of halogens is 1. The minimum absolute atomic E-state index is 0.0420. The van der Waals surface area contributed by atoms with E-state index in [0.29, 0.717) is 17.5 Å². The van der Waals surface area contributed by atoms with Crippen molar-refractivity contribution in [2.45, 2.75) is 65.3 Å². The molecular weight excluding hydrogens is 417 g/mol. The predicted molar refractivity (Wildman–Crippen MR) is 131 cm³/mol. The van der Waals surface area contributed by atoms with Crippen molar-refractivity contribution in [1.29, 1.82) is 0 Å². The van der Waals surface area contributed by atoms with Crippen molar-refractivity contribution in [2.24, 2.45) is 11.8 Å². The van der Waals surface area contributed by atoms with Crippen LogP contribution in [0.1, 0.15) is 64.9 Å². The molecule has 1 aliphatic carbocycles. The lowest BCUT2D eigenvalue weighted by Crippen LogP contribution is -2.40. The van der Waals surface area contributed by atoms with Gasteiger partial charge in [-0.2, -0.15) is 4.98 Å². The smallest absolute Gasteiger partial charge is 0.229 e. The van der Waals surface area contributed by atoms with Crippen LogP contribution in [0.5, 0.6) is 0 Å². The van der Waals surface area contributed by atoms with E-state index in [4.69, 9.17) is 0 Å². The summed E-state index contributed by atoms with van der Waals surface area (Å²) in [4.78, 5) is 21.2. The molecule has 3 atom stereocenters. The third-order valence-corrected chi connectivity index (χ3v) is 5.90. The van der Waals surface area contributed by atoms with Crippen LogP contribution in [-0.2, 0) is 4.79 Å². The normalized spacial score (nSPS) is 18.5. The zero-order valence-corrected chi connectivity index (χ0v) is 19.7. The fourth-order valence-corrected chi connectivity index (χ4v) is 3.77. The highest BCUT2D eigenvalue weighted by atomic mass is 19.1. The van der Waals surface area contributed by atoms with Gasteiger partial charge >= 0.3 is 0 Å². The topological polar surface area (TPSA) is 78.9 Å². The molecule has 1 heterocycles. The van der Waals surface area contributed by atoms with Crippen LogP contribution < -0.4 is 16.0 Å². The molecule has 0 saturated heterocycles. The number of anilines is 3. The van der Waals surface area contributed by atoms with Crippen LogP contribution in [0.15, 0.2) is 30.5 Å². The zero-order chi connectivity index (χ0) is 23.6. The van der Waals surface area contributed by atoms with Gasteiger partial charge in [-0.1, -0.05) is 45.1 Å². The Morgan fingerprint density at radius 2 is 2.15 bits per heavy atom. The molecule has 176 valence electrons. The van der Waals surface area contributed by atoms with Crippen LogP contribution in [0.3, 0.4) is 0 Å². The van der Waals surface area contributed by atoms with Gasteiger partial charge in [-0.15, -0.1) is 0 Å². The molecule has 33 heavy (non-hydrogen) atoms.